The number of hydrogen-bond acceptors (Lipinski definition) is 8. The van der Waals surface area contributed by atoms with E-state index in [1.54, 1.807) is 0 Å². The number of hydrogen-bond donors (Lipinski definition) is 6. The van der Waals surface area contributed by atoms with Crippen LogP contribution in [0, 0.1) is 0 Å². The molecule has 7 unspecified atom stereocenters. The molecule has 56 heavy (non-hydrogen) atoms. The Hall–Kier alpha value is -1.07. The number of amides is 1. The Morgan fingerprint density at radius 2 is 1.00 bits per heavy atom. The first-order valence-corrected chi connectivity index (χ1v) is 23.9. The molecule has 1 fully saturated rings. The lowest BCUT2D eigenvalue weighted by Gasteiger charge is -2.40. The number of ether oxygens (including phenoxy) is 2. The summed E-state index contributed by atoms with van der Waals surface area (Å²) in [6.45, 7) is 3.77. The standard InChI is InChI=1S/C47H91NO8/c1-3-5-7-9-11-12-13-14-15-16-17-18-19-20-21-22-23-24-25-26-27-28-29-30-31-33-35-37-43(51)48-40(41(50)36-34-32-10-8-6-4-2)39-55-47-46(54)45(53)44(52)42(38-49)56-47/h16-17,40-42,44-47,49-50,52-54H,3-15,18-39H2,1-2H3,(H,48,51)/b17-16-. The van der Waals surface area contributed by atoms with Crippen LogP contribution in [0.3, 0.4) is 0 Å². The lowest BCUT2D eigenvalue weighted by molar-refractivity contribution is -0.302. The molecule has 1 amide bonds. The van der Waals surface area contributed by atoms with Crippen LogP contribution < -0.4 is 5.32 Å². The molecule has 1 rings (SSSR count). The minimum Gasteiger partial charge on any atom is -0.394 e. The van der Waals surface area contributed by atoms with Crippen molar-refractivity contribution < 1.29 is 39.8 Å². The second-order valence-electron chi connectivity index (χ2n) is 16.9. The van der Waals surface area contributed by atoms with Gasteiger partial charge >= 0.3 is 0 Å². The summed E-state index contributed by atoms with van der Waals surface area (Å²) in [6.07, 6.45) is 37.0. The minimum absolute atomic E-state index is 0.136. The van der Waals surface area contributed by atoms with Gasteiger partial charge in [-0.05, 0) is 38.5 Å². The van der Waals surface area contributed by atoms with E-state index in [4.69, 9.17) is 9.47 Å². The molecule has 0 radical (unpaired) electrons. The third kappa shape index (κ3) is 28.4. The van der Waals surface area contributed by atoms with Crippen molar-refractivity contribution in [3.63, 3.8) is 0 Å². The molecule has 1 aliphatic heterocycles. The zero-order valence-electron chi connectivity index (χ0n) is 36.4. The first kappa shape index (κ1) is 52.9. The van der Waals surface area contributed by atoms with Gasteiger partial charge in [0.2, 0.25) is 5.91 Å². The summed E-state index contributed by atoms with van der Waals surface area (Å²) in [4.78, 5) is 12.9. The molecule has 0 saturated carbocycles. The summed E-state index contributed by atoms with van der Waals surface area (Å²) in [5.41, 5.74) is 0. The van der Waals surface area contributed by atoms with Gasteiger partial charge in [-0.3, -0.25) is 4.79 Å². The van der Waals surface area contributed by atoms with Crippen LogP contribution in [0.2, 0.25) is 0 Å². The van der Waals surface area contributed by atoms with Gasteiger partial charge in [0.1, 0.15) is 24.4 Å². The van der Waals surface area contributed by atoms with Crippen LogP contribution in [0.4, 0.5) is 0 Å². The Labute approximate surface area is 344 Å². The van der Waals surface area contributed by atoms with E-state index >= 15 is 0 Å². The van der Waals surface area contributed by atoms with Gasteiger partial charge in [0.15, 0.2) is 6.29 Å². The highest BCUT2D eigenvalue weighted by Crippen LogP contribution is 2.23. The molecule has 0 aromatic carbocycles. The quantitative estimate of drug-likeness (QED) is 0.0265. The number of aliphatic hydroxyl groups is 5. The van der Waals surface area contributed by atoms with Gasteiger partial charge in [-0.2, -0.15) is 0 Å². The monoisotopic (exact) mass is 798 g/mol. The highest BCUT2D eigenvalue weighted by atomic mass is 16.7. The number of unbranched alkanes of at least 4 members (excludes halogenated alkanes) is 28. The summed E-state index contributed by atoms with van der Waals surface area (Å²) in [6, 6.07) is -0.711. The zero-order valence-corrected chi connectivity index (χ0v) is 36.4. The predicted octanol–water partition coefficient (Wildman–Crippen LogP) is 10.1. The summed E-state index contributed by atoms with van der Waals surface area (Å²) in [7, 11) is 0. The number of carbonyl (C=O) groups is 1. The smallest absolute Gasteiger partial charge is 0.220 e. The average molecular weight is 798 g/mol. The average Bonchev–Trinajstić information content (AvgIpc) is 3.20. The van der Waals surface area contributed by atoms with E-state index < -0.39 is 49.5 Å². The molecule has 1 aliphatic rings. The molecule has 332 valence electrons. The van der Waals surface area contributed by atoms with Crippen molar-refractivity contribution in [2.24, 2.45) is 0 Å². The van der Waals surface area contributed by atoms with Crippen LogP contribution in [0.15, 0.2) is 12.2 Å². The molecule has 0 aliphatic carbocycles. The molecular formula is C47H91NO8. The van der Waals surface area contributed by atoms with Gasteiger partial charge in [-0.1, -0.05) is 193 Å². The maximum Gasteiger partial charge on any atom is 0.220 e. The van der Waals surface area contributed by atoms with Gasteiger partial charge in [0, 0.05) is 6.42 Å². The minimum atomic E-state index is -1.55. The van der Waals surface area contributed by atoms with Crippen molar-refractivity contribution in [2.45, 2.75) is 269 Å². The van der Waals surface area contributed by atoms with E-state index in [2.05, 4.69) is 31.3 Å². The highest BCUT2D eigenvalue weighted by Gasteiger charge is 2.44. The summed E-state index contributed by atoms with van der Waals surface area (Å²) in [5.74, 6) is -0.147. The molecule has 1 saturated heterocycles. The predicted molar refractivity (Wildman–Crippen MR) is 231 cm³/mol. The van der Waals surface area contributed by atoms with Gasteiger partial charge in [0.05, 0.1) is 25.4 Å². The van der Waals surface area contributed by atoms with Gasteiger partial charge in [0.25, 0.3) is 0 Å². The van der Waals surface area contributed by atoms with E-state index in [1.165, 1.54) is 161 Å². The van der Waals surface area contributed by atoms with Crippen LogP contribution >= 0.6 is 0 Å². The van der Waals surface area contributed by atoms with Gasteiger partial charge < -0.3 is 40.3 Å². The molecule has 6 N–H and O–H groups in total. The molecule has 0 bridgehead atoms. The largest absolute Gasteiger partial charge is 0.394 e. The fourth-order valence-corrected chi connectivity index (χ4v) is 7.74. The fraction of sp³-hybridized carbons (Fsp3) is 0.936. The van der Waals surface area contributed by atoms with E-state index in [0.29, 0.717) is 12.8 Å². The first-order chi connectivity index (χ1) is 27.3. The van der Waals surface area contributed by atoms with Crippen molar-refractivity contribution in [3.8, 4) is 0 Å². The number of carbonyl (C=O) groups excluding carboxylic acids is 1. The SMILES string of the molecule is CCCCCCCCCC/C=C\CCCCCCCCCCCCCCCCCC(=O)NC(COC1OC(CO)C(O)C(O)C1O)C(O)CCCCCCCC. The third-order valence-electron chi connectivity index (χ3n) is 11.6. The maximum atomic E-state index is 12.9. The molecule has 0 aromatic rings. The van der Waals surface area contributed by atoms with Crippen molar-refractivity contribution >= 4 is 5.91 Å². The van der Waals surface area contributed by atoms with Crippen LogP contribution in [0.5, 0.6) is 0 Å². The molecule has 1 heterocycles. The highest BCUT2D eigenvalue weighted by molar-refractivity contribution is 5.76. The van der Waals surface area contributed by atoms with E-state index in [1.807, 2.05) is 0 Å². The number of rotatable bonds is 40. The van der Waals surface area contributed by atoms with Crippen molar-refractivity contribution in [2.75, 3.05) is 13.2 Å². The number of allylic oxidation sites excluding steroid dienone is 2. The van der Waals surface area contributed by atoms with E-state index in [9.17, 15) is 30.3 Å². The van der Waals surface area contributed by atoms with Crippen molar-refractivity contribution in [1.82, 2.24) is 5.32 Å². The summed E-state index contributed by atoms with van der Waals surface area (Å²) >= 11 is 0. The Bertz CT molecular complexity index is 888. The molecule has 0 aromatic heterocycles. The van der Waals surface area contributed by atoms with Crippen molar-refractivity contribution in [1.29, 1.82) is 0 Å². The molecule has 0 spiro atoms. The summed E-state index contributed by atoms with van der Waals surface area (Å²) < 4.78 is 11.2. The zero-order chi connectivity index (χ0) is 40.9. The second-order valence-corrected chi connectivity index (χ2v) is 16.9. The topological polar surface area (TPSA) is 149 Å². The van der Waals surface area contributed by atoms with Crippen LogP contribution in [-0.4, -0.2) is 87.5 Å². The Morgan fingerprint density at radius 3 is 1.45 bits per heavy atom. The fourth-order valence-electron chi connectivity index (χ4n) is 7.74. The van der Waals surface area contributed by atoms with Crippen LogP contribution in [-0.2, 0) is 14.3 Å². The van der Waals surface area contributed by atoms with Crippen LogP contribution in [0.25, 0.3) is 0 Å². The molecule has 7 atom stereocenters. The van der Waals surface area contributed by atoms with Gasteiger partial charge in [-0.25, -0.2) is 0 Å². The molecule has 9 nitrogen and oxygen atoms in total. The maximum absolute atomic E-state index is 12.9. The Kier molecular flexibility index (Phi) is 36.1. The first-order valence-electron chi connectivity index (χ1n) is 23.9. The number of nitrogens with one attached hydrogen (secondary N) is 1. The second kappa shape index (κ2) is 38.2. The molecular weight excluding hydrogens is 707 g/mol. The summed E-state index contributed by atoms with van der Waals surface area (Å²) in [5, 5.41) is 54.0. The Morgan fingerprint density at radius 1 is 0.589 bits per heavy atom. The van der Waals surface area contributed by atoms with Crippen LogP contribution in [0.1, 0.15) is 226 Å². The normalized spacial score (nSPS) is 21.2. The lowest BCUT2D eigenvalue weighted by Crippen LogP contribution is -2.60. The van der Waals surface area contributed by atoms with E-state index in [0.717, 1.165) is 38.5 Å². The lowest BCUT2D eigenvalue weighted by atomic mass is 9.99. The van der Waals surface area contributed by atoms with Crippen molar-refractivity contribution in [3.05, 3.63) is 12.2 Å². The molecule has 9 heteroatoms. The third-order valence-corrected chi connectivity index (χ3v) is 11.6. The van der Waals surface area contributed by atoms with Gasteiger partial charge in [-0.15, -0.1) is 0 Å². The van der Waals surface area contributed by atoms with E-state index in [-0.39, 0.29) is 12.5 Å². The Balaban J connectivity index is 2.09. The number of aliphatic hydroxyl groups excluding tert-OH is 5.